The number of aryl methyl sites for hydroxylation is 2. The van der Waals surface area contributed by atoms with Gasteiger partial charge in [-0.25, -0.2) is 0 Å². The van der Waals surface area contributed by atoms with Crippen LogP contribution in [0.2, 0.25) is 0 Å². The minimum Gasteiger partial charge on any atom is -0.507 e. The van der Waals surface area contributed by atoms with Crippen molar-refractivity contribution in [1.82, 2.24) is 0 Å². The molecule has 0 radical (unpaired) electrons. The van der Waals surface area contributed by atoms with Crippen molar-refractivity contribution in [1.29, 1.82) is 0 Å². The molecular formula is C65H86N8O4. The summed E-state index contributed by atoms with van der Waals surface area (Å²) < 4.78 is 17.6. The topological polar surface area (TPSA) is 256 Å². The standard InChI is InChI=1S/C36H46N4O2.C29H40N4O2/c1-3-26-19-27(35-28(11-15-37)22-33(41-2)23-29(35)12-16-38)9-10-34(26)32-20-30(13-17-39)36(31(21-32)14-18-40)42-24-25-7-5-4-6-8-25;1-3-19-14-20(28-21(6-10-30)17-26(35-2)18-22(28)7-11-31)4-5-27(19)25-15-23(8-12-32)29(34)24(16-25)9-13-33/h4-10,19-23H,3,11-18,24,37-40H2,1-2H3;4-5,14-18,34H,3,6-13,30-33H2,1-2H3. The van der Waals surface area contributed by atoms with Gasteiger partial charge in [0, 0.05) is 0 Å². The van der Waals surface area contributed by atoms with Crippen LogP contribution in [0.5, 0.6) is 23.0 Å². The van der Waals surface area contributed by atoms with E-state index in [0.29, 0.717) is 77.6 Å². The van der Waals surface area contributed by atoms with Crippen molar-refractivity contribution in [3.05, 3.63) is 176 Å². The average molecular weight is 1040 g/mol. The zero-order chi connectivity index (χ0) is 55.3. The number of nitrogens with two attached hydrogens (primary N) is 8. The van der Waals surface area contributed by atoms with Crippen molar-refractivity contribution in [2.45, 2.75) is 84.7 Å². The third-order valence-corrected chi connectivity index (χ3v) is 14.2. The lowest BCUT2D eigenvalue weighted by molar-refractivity contribution is 0.300. The number of rotatable bonds is 27. The van der Waals surface area contributed by atoms with Gasteiger partial charge in [-0.1, -0.05) is 80.6 Å². The predicted molar refractivity (Wildman–Crippen MR) is 321 cm³/mol. The number of aromatic hydroxyl groups is 1. The molecule has 0 aliphatic heterocycles. The Bertz CT molecular complexity index is 2890. The molecule has 12 nitrogen and oxygen atoms in total. The minimum atomic E-state index is 0.315. The van der Waals surface area contributed by atoms with Crippen LogP contribution in [0, 0.1) is 0 Å². The monoisotopic (exact) mass is 1040 g/mol. The summed E-state index contributed by atoms with van der Waals surface area (Å²) in [4.78, 5) is 0. The van der Waals surface area contributed by atoms with E-state index in [2.05, 4.69) is 111 Å². The Labute approximate surface area is 458 Å². The van der Waals surface area contributed by atoms with Gasteiger partial charge < -0.3 is 65.2 Å². The molecule has 0 heterocycles. The Morgan fingerprint density at radius 3 is 1.03 bits per heavy atom. The third kappa shape index (κ3) is 15.1. The maximum atomic E-state index is 10.7. The van der Waals surface area contributed by atoms with Gasteiger partial charge in [0.15, 0.2) is 0 Å². The van der Waals surface area contributed by atoms with Gasteiger partial charge in [0.2, 0.25) is 0 Å². The lowest BCUT2D eigenvalue weighted by Crippen LogP contribution is -2.11. The molecule has 0 spiro atoms. The summed E-state index contributed by atoms with van der Waals surface area (Å²) in [5, 5.41) is 10.7. The molecule has 7 aromatic carbocycles. The molecule has 0 aliphatic carbocycles. The smallest absolute Gasteiger partial charge is 0.126 e. The van der Waals surface area contributed by atoms with E-state index in [9.17, 15) is 5.11 Å². The van der Waals surface area contributed by atoms with Gasteiger partial charge in [-0.3, -0.25) is 0 Å². The number of hydrogen-bond donors (Lipinski definition) is 9. The highest BCUT2D eigenvalue weighted by Crippen LogP contribution is 2.40. The Hall–Kier alpha value is -6.58. The SMILES string of the molecule is CCc1cc(-c2c(CCN)cc(OC)cc2CCN)ccc1-c1cc(CCN)c(O)c(CCN)c1.CCc1cc(-c2c(CCN)cc(OC)cc2CCN)ccc1-c1cc(CCN)c(OCc2ccccc2)c(CCN)c1. The quantitative estimate of drug-likeness (QED) is 0.0235. The maximum absolute atomic E-state index is 10.7. The summed E-state index contributed by atoms with van der Waals surface area (Å²) in [5.41, 5.74) is 69.5. The van der Waals surface area contributed by atoms with Crippen LogP contribution in [0.3, 0.4) is 0 Å². The number of phenols is 1. The zero-order valence-electron chi connectivity index (χ0n) is 46.2. The first-order valence-electron chi connectivity index (χ1n) is 27.5. The van der Waals surface area contributed by atoms with E-state index >= 15 is 0 Å². The lowest BCUT2D eigenvalue weighted by atomic mass is 9.87. The zero-order valence-corrected chi connectivity index (χ0v) is 46.2. The lowest BCUT2D eigenvalue weighted by Gasteiger charge is -2.21. The molecule has 77 heavy (non-hydrogen) atoms. The highest BCUT2D eigenvalue weighted by atomic mass is 16.5. The Morgan fingerprint density at radius 2 is 0.688 bits per heavy atom. The summed E-state index contributed by atoms with van der Waals surface area (Å²) in [5.74, 6) is 2.89. The van der Waals surface area contributed by atoms with Crippen LogP contribution >= 0.6 is 0 Å². The molecule has 0 atom stereocenters. The van der Waals surface area contributed by atoms with Crippen LogP contribution in [-0.4, -0.2) is 71.7 Å². The summed E-state index contributed by atoms with van der Waals surface area (Å²) in [6.45, 7) is 9.15. The largest absolute Gasteiger partial charge is 0.507 e. The van der Waals surface area contributed by atoms with Gasteiger partial charge in [0.05, 0.1) is 14.2 Å². The van der Waals surface area contributed by atoms with Gasteiger partial charge in [-0.15, -0.1) is 0 Å². The van der Waals surface area contributed by atoms with Crippen molar-refractivity contribution in [2.75, 3.05) is 66.6 Å². The first-order valence-corrected chi connectivity index (χ1v) is 27.5. The average Bonchev–Trinajstić information content (AvgIpc) is 3.44. The van der Waals surface area contributed by atoms with Gasteiger partial charge in [-0.2, -0.15) is 0 Å². The van der Waals surface area contributed by atoms with Crippen molar-refractivity contribution < 1.29 is 19.3 Å². The number of hydrogen-bond acceptors (Lipinski definition) is 12. The van der Waals surface area contributed by atoms with Crippen LogP contribution in [0.4, 0.5) is 0 Å². The molecule has 7 aromatic rings. The van der Waals surface area contributed by atoms with Gasteiger partial charge in [-0.05, 0) is 271 Å². The number of benzene rings is 7. The first-order chi connectivity index (χ1) is 37.6. The molecule has 0 fully saturated rings. The molecule has 0 aromatic heterocycles. The number of methoxy groups -OCH3 is 2. The summed E-state index contributed by atoms with van der Waals surface area (Å²) in [7, 11) is 3.39. The first kappa shape index (κ1) is 59.7. The van der Waals surface area contributed by atoms with Crippen LogP contribution in [0.15, 0.2) is 115 Å². The highest BCUT2D eigenvalue weighted by molar-refractivity contribution is 5.80. The van der Waals surface area contributed by atoms with E-state index in [-0.39, 0.29) is 0 Å². The second kappa shape index (κ2) is 30.4. The fourth-order valence-electron chi connectivity index (χ4n) is 10.6. The number of ether oxygens (including phenoxy) is 3. The van der Waals surface area contributed by atoms with Crippen molar-refractivity contribution in [3.63, 3.8) is 0 Å². The van der Waals surface area contributed by atoms with E-state index in [1.165, 1.54) is 55.6 Å². The molecular weight excluding hydrogens is 957 g/mol. The molecule has 0 unspecified atom stereocenters. The van der Waals surface area contributed by atoms with Crippen LogP contribution < -0.4 is 60.1 Å². The Kier molecular flexibility index (Phi) is 23.5. The number of phenolic OH excluding ortho intramolecular Hbond substituents is 1. The summed E-state index contributed by atoms with van der Waals surface area (Å²) in [6, 6.07) is 40.6. The molecule has 0 saturated carbocycles. The molecule has 12 heteroatoms. The van der Waals surface area contributed by atoms with Crippen molar-refractivity contribution in [2.24, 2.45) is 45.9 Å². The Balaban J connectivity index is 0.000000254. The molecule has 410 valence electrons. The van der Waals surface area contributed by atoms with Crippen LogP contribution in [0.1, 0.15) is 75.0 Å². The van der Waals surface area contributed by atoms with E-state index in [0.717, 1.165) is 119 Å². The van der Waals surface area contributed by atoms with Gasteiger partial charge in [0.25, 0.3) is 0 Å². The van der Waals surface area contributed by atoms with E-state index < -0.39 is 0 Å². The summed E-state index contributed by atoms with van der Waals surface area (Å²) in [6.07, 6.45) is 7.51. The molecule has 0 saturated heterocycles. The molecule has 0 aliphatic rings. The van der Waals surface area contributed by atoms with Crippen molar-refractivity contribution in [3.8, 4) is 67.5 Å². The van der Waals surface area contributed by atoms with Gasteiger partial charge in [0.1, 0.15) is 29.6 Å². The van der Waals surface area contributed by atoms with Crippen molar-refractivity contribution >= 4 is 0 Å². The maximum Gasteiger partial charge on any atom is 0.126 e. The summed E-state index contributed by atoms with van der Waals surface area (Å²) >= 11 is 0. The Morgan fingerprint density at radius 1 is 0.364 bits per heavy atom. The fraction of sp³-hybridized carbons (Fsp3) is 0.354. The second-order valence-corrected chi connectivity index (χ2v) is 19.4. The second-order valence-electron chi connectivity index (χ2n) is 19.4. The highest BCUT2D eigenvalue weighted by Gasteiger charge is 2.20. The molecule has 0 bridgehead atoms. The van der Waals surface area contributed by atoms with Gasteiger partial charge >= 0.3 is 0 Å². The molecule has 17 N–H and O–H groups in total. The van der Waals surface area contributed by atoms with E-state index in [1.54, 1.807) is 14.2 Å². The predicted octanol–water partition coefficient (Wildman–Crippen LogP) is 8.48. The van der Waals surface area contributed by atoms with Crippen LogP contribution in [-0.2, 0) is 70.8 Å². The van der Waals surface area contributed by atoms with E-state index in [4.69, 9.17) is 60.1 Å². The fourth-order valence-corrected chi connectivity index (χ4v) is 10.6. The molecule has 0 amide bonds. The normalized spacial score (nSPS) is 11.1. The molecule has 7 rings (SSSR count). The third-order valence-electron chi connectivity index (χ3n) is 14.2. The van der Waals surface area contributed by atoms with Crippen LogP contribution in [0.25, 0.3) is 44.5 Å². The minimum absolute atomic E-state index is 0.315. The van der Waals surface area contributed by atoms with E-state index in [1.807, 2.05) is 18.2 Å².